The van der Waals surface area contributed by atoms with Crippen LogP contribution in [-0.2, 0) is 0 Å². The molecule has 2 heterocycles. The summed E-state index contributed by atoms with van der Waals surface area (Å²) < 4.78 is 0. The predicted octanol–water partition coefficient (Wildman–Crippen LogP) is 2.07. The standard InChI is InChI=1S/C11H13N5S/c1-6-13-9(5-17-6)11-14-8(7-2-3-7)4-10(15-11)16-12/h4-5,7H,2-3,12H2,1H3,(H,14,15,16). The van der Waals surface area contributed by atoms with Gasteiger partial charge in [-0.25, -0.2) is 20.8 Å². The van der Waals surface area contributed by atoms with Gasteiger partial charge < -0.3 is 5.43 Å². The zero-order valence-electron chi connectivity index (χ0n) is 9.47. The Kier molecular flexibility index (Phi) is 2.53. The average molecular weight is 247 g/mol. The normalized spacial score (nSPS) is 14.9. The third-order valence-corrected chi connectivity index (χ3v) is 3.51. The fourth-order valence-corrected chi connectivity index (χ4v) is 2.30. The Labute approximate surface area is 103 Å². The van der Waals surface area contributed by atoms with E-state index in [-0.39, 0.29) is 0 Å². The van der Waals surface area contributed by atoms with Crippen molar-refractivity contribution in [2.45, 2.75) is 25.7 Å². The first kappa shape index (κ1) is 10.6. The lowest BCUT2D eigenvalue weighted by Crippen LogP contribution is -2.10. The molecule has 0 unspecified atom stereocenters. The molecule has 2 aromatic rings. The van der Waals surface area contributed by atoms with Crippen LogP contribution in [0.2, 0.25) is 0 Å². The predicted molar refractivity (Wildman–Crippen MR) is 67.7 cm³/mol. The molecule has 2 aromatic heterocycles. The van der Waals surface area contributed by atoms with Crippen molar-refractivity contribution in [1.82, 2.24) is 15.0 Å². The molecule has 1 aliphatic carbocycles. The molecule has 5 nitrogen and oxygen atoms in total. The second kappa shape index (κ2) is 4.05. The molecule has 0 aliphatic heterocycles. The number of hydrogen-bond donors (Lipinski definition) is 2. The Balaban J connectivity index is 2.05. The van der Waals surface area contributed by atoms with Crippen LogP contribution >= 0.6 is 11.3 Å². The summed E-state index contributed by atoms with van der Waals surface area (Å²) in [5, 5.41) is 2.99. The minimum atomic E-state index is 0.573. The van der Waals surface area contributed by atoms with Gasteiger partial charge in [-0.1, -0.05) is 0 Å². The molecule has 1 saturated carbocycles. The van der Waals surface area contributed by atoms with Gasteiger partial charge in [-0.05, 0) is 19.8 Å². The second-order valence-electron chi connectivity index (χ2n) is 4.17. The van der Waals surface area contributed by atoms with E-state index in [1.165, 1.54) is 12.8 Å². The van der Waals surface area contributed by atoms with Crippen LogP contribution in [0.1, 0.15) is 29.5 Å². The quantitative estimate of drug-likeness (QED) is 0.641. The molecule has 0 radical (unpaired) electrons. The molecule has 0 atom stereocenters. The monoisotopic (exact) mass is 247 g/mol. The van der Waals surface area contributed by atoms with E-state index in [1.54, 1.807) is 11.3 Å². The molecular formula is C11H13N5S. The van der Waals surface area contributed by atoms with Gasteiger partial charge in [0.15, 0.2) is 5.82 Å². The van der Waals surface area contributed by atoms with E-state index in [9.17, 15) is 0 Å². The SMILES string of the molecule is Cc1nc(-c2nc(NN)cc(C3CC3)n2)cs1. The van der Waals surface area contributed by atoms with Crippen molar-refractivity contribution < 1.29 is 0 Å². The molecule has 0 aromatic carbocycles. The van der Waals surface area contributed by atoms with Crippen molar-refractivity contribution in [3.63, 3.8) is 0 Å². The van der Waals surface area contributed by atoms with Crippen LogP contribution in [-0.4, -0.2) is 15.0 Å². The van der Waals surface area contributed by atoms with E-state index >= 15 is 0 Å². The van der Waals surface area contributed by atoms with E-state index in [1.807, 2.05) is 18.4 Å². The summed E-state index contributed by atoms with van der Waals surface area (Å²) in [4.78, 5) is 13.3. The molecule has 6 heteroatoms. The maximum Gasteiger partial charge on any atom is 0.181 e. The number of aromatic nitrogens is 3. The van der Waals surface area contributed by atoms with Gasteiger partial charge in [-0.3, -0.25) is 0 Å². The van der Waals surface area contributed by atoms with E-state index in [2.05, 4.69) is 20.4 Å². The number of nitrogens with one attached hydrogen (secondary N) is 1. The summed E-state index contributed by atoms with van der Waals surface area (Å²) in [5.74, 6) is 7.32. The molecule has 0 spiro atoms. The lowest BCUT2D eigenvalue weighted by Gasteiger charge is -2.05. The Morgan fingerprint density at radius 3 is 2.76 bits per heavy atom. The lowest BCUT2D eigenvalue weighted by atomic mass is 10.2. The average Bonchev–Trinajstić information content (AvgIpc) is 3.11. The summed E-state index contributed by atoms with van der Waals surface area (Å²) in [5.41, 5.74) is 4.48. The van der Waals surface area contributed by atoms with Crippen molar-refractivity contribution in [3.05, 3.63) is 22.1 Å². The summed E-state index contributed by atoms with van der Waals surface area (Å²) in [7, 11) is 0. The van der Waals surface area contributed by atoms with Crippen LogP contribution in [0.15, 0.2) is 11.4 Å². The first-order valence-corrected chi connectivity index (χ1v) is 6.42. The topological polar surface area (TPSA) is 76.7 Å². The number of nitrogens with two attached hydrogens (primary N) is 1. The van der Waals surface area contributed by atoms with Gasteiger partial charge in [0, 0.05) is 23.1 Å². The molecule has 1 aliphatic rings. The van der Waals surface area contributed by atoms with Crippen molar-refractivity contribution in [3.8, 4) is 11.5 Å². The third-order valence-electron chi connectivity index (χ3n) is 2.74. The summed E-state index contributed by atoms with van der Waals surface area (Å²) >= 11 is 1.60. The van der Waals surface area contributed by atoms with E-state index in [4.69, 9.17) is 5.84 Å². The Bertz CT molecular complexity index is 547. The highest BCUT2D eigenvalue weighted by molar-refractivity contribution is 7.09. The molecule has 88 valence electrons. The van der Waals surface area contributed by atoms with Crippen molar-refractivity contribution in [2.24, 2.45) is 5.84 Å². The van der Waals surface area contributed by atoms with Crippen molar-refractivity contribution in [1.29, 1.82) is 0 Å². The van der Waals surface area contributed by atoms with Crippen LogP contribution in [0, 0.1) is 6.92 Å². The van der Waals surface area contributed by atoms with Gasteiger partial charge in [-0.2, -0.15) is 0 Å². The van der Waals surface area contributed by atoms with E-state index < -0.39 is 0 Å². The highest BCUT2D eigenvalue weighted by atomic mass is 32.1. The minimum absolute atomic E-state index is 0.573. The Morgan fingerprint density at radius 2 is 2.18 bits per heavy atom. The number of aryl methyl sites for hydroxylation is 1. The minimum Gasteiger partial charge on any atom is -0.308 e. The smallest absolute Gasteiger partial charge is 0.181 e. The largest absolute Gasteiger partial charge is 0.308 e. The maximum absolute atomic E-state index is 5.43. The first-order chi connectivity index (χ1) is 8.26. The van der Waals surface area contributed by atoms with Gasteiger partial charge >= 0.3 is 0 Å². The highest BCUT2D eigenvalue weighted by Crippen LogP contribution is 2.40. The van der Waals surface area contributed by atoms with E-state index in [0.29, 0.717) is 17.6 Å². The number of anilines is 1. The molecular weight excluding hydrogens is 234 g/mol. The molecule has 0 saturated heterocycles. The number of thiazole rings is 1. The third kappa shape index (κ3) is 2.13. The molecule has 17 heavy (non-hydrogen) atoms. The fraction of sp³-hybridized carbons (Fsp3) is 0.364. The zero-order chi connectivity index (χ0) is 11.8. The number of rotatable bonds is 3. The van der Waals surface area contributed by atoms with Gasteiger partial charge in [0.25, 0.3) is 0 Å². The van der Waals surface area contributed by atoms with Gasteiger partial charge in [-0.15, -0.1) is 11.3 Å². The van der Waals surface area contributed by atoms with Gasteiger partial charge in [0.05, 0.1) is 5.01 Å². The van der Waals surface area contributed by atoms with Crippen LogP contribution in [0.3, 0.4) is 0 Å². The number of nitrogens with zero attached hydrogens (tertiary/aromatic N) is 3. The summed E-state index contributed by atoms with van der Waals surface area (Å²) in [6, 6.07) is 1.92. The first-order valence-electron chi connectivity index (χ1n) is 5.54. The fourth-order valence-electron chi connectivity index (χ4n) is 1.71. The van der Waals surface area contributed by atoms with Crippen LogP contribution in [0.5, 0.6) is 0 Å². The summed E-state index contributed by atoms with van der Waals surface area (Å²) in [6.45, 7) is 1.97. The van der Waals surface area contributed by atoms with Crippen molar-refractivity contribution >= 4 is 17.2 Å². The Morgan fingerprint density at radius 1 is 1.35 bits per heavy atom. The van der Waals surface area contributed by atoms with Crippen LogP contribution in [0.4, 0.5) is 5.82 Å². The molecule has 0 amide bonds. The van der Waals surface area contributed by atoms with Gasteiger partial charge in [0.2, 0.25) is 0 Å². The number of nitrogen functional groups attached to an aromatic ring is 1. The van der Waals surface area contributed by atoms with Crippen LogP contribution in [0.25, 0.3) is 11.5 Å². The lowest BCUT2D eigenvalue weighted by molar-refractivity contribution is 0.985. The highest BCUT2D eigenvalue weighted by Gasteiger charge is 2.26. The van der Waals surface area contributed by atoms with E-state index in [0.717, 1.165) is 16.4 Å². The van der Waals surface area contributed by atoms with Crippen LogP contribution < -0.4 is 11.3 Å². The molecule has 3 rings (SSSR count). The molecule has 3 N–H and O–H groups in total. The number of hydrazine groups is 1. The van der Waals surface area contributed by atoms with Crippen molar-refractivity contribution in [2.75, 3.05) is 5.43 Å². The van der Waals surface area contributed by atoms with Gasteiger partial charge in [0.1, 0.15) is 11.5 Å². The number of hydrogen-bond acceptors (Lipinski definition) is 6. The maximum atomic E-state index is 5.43. The Hall–Kier alpha value is -1.53. The molecule has 0 bridgehead atoms. The molecule has 1 fully saturated rings. The second-order valence-corrected chi connectivity index (χ2v) is 5.23. The zero-order valence-corrected chi connectivity index (χ0v) is 10.3. The summed E-state index contributed by atoms with van der Waals surface area (Å²) in [6.07, 6.45) is 2.41.